The fourth-order valence-electron chi connectivity index (χ4n) is 2.13. The van der Waals surface area contributed by atoms with Gasteiger partial charge in [-0.1, -0.05) is 45.4 Å². The van der Waals surface area contributed by atoms with Gasteiger partial charge in [0, 0.05) is 0 Å². The van der Waals surface area contributed by atoms with Gasteiger partial charge in [0.05, 0.1) is 6.61 Å². The maximum atomic E-state index is 11.5. The molecule has 0 aromatic heterocycles. The number of hydrogen-bond acceptors (Lipinski definition) is 7. The van der Waals surface area contributed by atoms with Crippen molar-refractivity contribution in [2.24, 2.45) is 0 Å². The van der Waals surface area contributed by atoms with Crippen molar-refractivity contribution in [3.63, 3.8) is 0 Å². The lowest BCUT2D eigenvalue weighted by Gasteiger charge is -2.21. The van der Waals surface area contributed by atoms with Gasteiger partial charge in [0.2, 0.25) is 0 Å². The summed E-state index contributed by atoms with van der Waals surface area (Å²) in [5, 5.41) is 46.3. The standard InChI is InChI=1S/C16H32O7/c1-2-3-4-5-6-7-8-9-14(20)23-11-13(19)16(22)15(21)12(18)10-17/h12,14-18,20-22H,2-11H2,1H3/t12-,14?,15+,16+/m1/s1. The lowest BCUT2D eigenvalue weighted by atomic mass is 10.1. The van der Waals surface area contributed by atoms with Crippen molar-refractivity contribution in [1.29, 1.82) is 0 Å². The molecule has 0 fully saturated rings. The molecule has 0 aliphatic rings. The summed E-state index contributed by atoms with van der Waals surface area (Å²) in [5.41, 5.74) is 0. The Morgan fingerprint density at radius 3 is 2.09 bits per heavy atom. The van der Waals surface area contributed by atoms with Crippen LogP contribution < -0.4 is 0 Å². The van der Waals surface area contributed by atoms with Crippen molar-refractivity contribution in [1.82, 2.24) is 0 Å². The number of hydrogen-bond donors (Lipinski definition) is 5. The first-order valence-corrected chi connectivity index (χ1v) is 8.41. The van der Waals surface area contributed by atoms with Crippen molar-refractivity contribution < 1.29 is 35.1 Å². The van der Waals surface area contributed by atoms with Crippen LogP contribution in [0.2, 0.25) is 0 Å². The highest BCUT2D eigenvalue weighted by atomic mass is 16.6. The molecule has 0 amide bonds. The number of carbonyl (C=O) groups is 1. The number of aliphatic hydroxyl groups is 5. The molecule has 0 aromatic rings. The minimum atomic E-state index is -1.86. The summed E-state index contributed by atoms with van der Waals surface area (Å²) in [6.45, 7) is 0.830. The van der Waals surface area contributed by atoms with Crippen molar-refractivity contribution in [3.05, 3.63) is 0 Å². The second-order valence-electron chi connectivity index (χ2n) is 5.83. The van der Waals surface area contributed by atoms with Crippen LogP contribution in [0.1, 0.15) is 58.3 Å². The molecule has 0 heterocycles. The zero-order chi connectivity index (χ0) is 17.7. The predicted molar refractivity (Wildman–Crippen MR) is 84.7 cm³/mol. The van der Waals surface area contributed by atoms with Crippen molar-refractivity contribution in [2.75, 3.05) is 13.2 Å². The Labute approximate surface area is 137 Å². The van der Waals surface area contributed by atoms with Gasteiger partial charge in [-0.2, -0.15) is 0 Å². The van der Waals surface area contributed by atoms with Gasteiger partial charge in [-0.25, -0.2) is 0 Å². The third-order valence-electron chi connectivity index (χ3n) is 3.71. The minimum absolute atomic E-state index is 0.402. The monoisotopic (exact) mass is 336 g/mol. The number of ether oxygens (including phenoxy) is 1. The average molecular weight is 336 g/mol. The predicted octanol–water partition coefficient (Wildman–Crippen LogP) is 0.106. The Hall–Kier alpha value is -0.570. The van der Waals surface area contributed by atoms with E-state index in [9.17, 15) is 20.1 Å². The molecular formula is C16H32O7. The average Bonchev–Trinajstić information content (AvgIpc) is 2.56. The van der Waals surface area contributed by atoms with E-state index in [1.807, 2.05) is 0 Å². The first kappa shape index (κ1) is 22.4. The van der Waals surface area contributed by atoms with Crippen LogP contribution in [-0.2, 0) is 9.53 Å². The van der Waals surface area contributed by atoms with Crippen molar-refractivity contribution >= 4 is 5.78 Å². The summed E-state index contributed by atoms with van der Waals surface area (Å²) in [4.78, 5) is 11.5. The van der Waals surface area contributed by atoms with E-state index in [4.69, 9.17) is 14.9 Å². The van der Waals surface area contributed by atoms with Gasteiger partial charge in [0.1, 0.15) is 24.9 Å². The number of unbranched alkanes of at least 4 members (excludes halogenated alkanes) is 6. The molecule has 0 aliphatic carbocycles. The van der Waals surface area contributed by atoms with E-state index in [0.29, 0.717) is 6.42 Å². The molecule has 0 bridgehead atoms. The first-order valence-electron chi connectivity index (χ1n) is 8.41. The van der Waals surface area contributed by atoms with Gasteiger partial charge in [-0.15, -0.1) is 0 Å². The van der Waals surface area contributed by atoms with Gasteiger partial charge < -0.3 is 30.3 Å². The largest absolute Gasteiger partial charge is 0.394 e. The quantitative estimate of drug-likeness (QED) is 0.212. The van der Waals surface area contributed by atoms with Crippen molar-refractivity contribution in [3.8, 4) is 0 Å². The Kier molecular flexibility index (Phi) is 13.5. The molecule has 0 aromatic carbocycles. The number of ketones is 1. The molecule has 138 valence electrons. The normalized spacial score (nSPS) is 16.8. The highest BCUT2D eigenvalue weighted by Gasteiger charge is 2.30. The van der Waals surface area contributed by atoms with Gasteiger partial charge in [-0.05, 0) is 12.8 Å². The summed E-state index contributed by atoms with van der Waals surface area (Å²) in [5.74, 6) is -0.858. The molecule has 4 atom stereocenters. The minimum Gasteiger partial charge on any atom is -0.394 e. The Morgan fingerprint density at radius 1 is 0.957 bits per heavy atom. The van der Waals surface area contributed by atoms with Crippen LogP contribution in [0.25, 0.3) is 0 Å². The van der Waals surface area contributed by atoms with Crippen LogP contribution in [0.4, 0.5) is 0 Å². The van der Waals surface area contributed by atoms with Gasteiger partial charge in [0.25, 0.3) is 0 Å². The molecule has 0 saturated carbocycles. The third kappa shape index (κ3) is 10.8. The van der Waals surface area contributed by atoms with Gasteiger partial charge >= 0.3 is 0 Å². The fraction of sp³-hybridized carbons (Fsp3) is 0.938. The second-order valence-corrected chi connectivity index (χ2v) is 5.83. The molecule has 0 radical (unpaired) electrons. The first-order chi connectivity index (χ1) is 10.9. The summed E-state index contributed by atoms with van der Waals surface area (Å²) >= 11 is 0. The smallest absolute Gasteiger partial charge is 0.189 e. The van der Waals surface area contributed by atoms with Crippen LogP contribution in [-0.4, -0.2) is 69.1 Å². The van der Waals surface area contributed by atoms with E-state index in [1.165, 1.54) is 25.7 Å². The van der Waals surface area contributed by atoms with Crippen LogP contribution in [0, 0.1) is 0 Å². The third-order valence-corrected chi connectivity index (χ3v) is 3.71. The van der Waals surface area contributed by atoms with Crippen LogP contribution >= 0.6 is 0 Å². The highest BCUT2D eigenvalue weighted by Crippen LogP contribution is 2.10. The van der Waals surface area contributed by atoms with Crippen LogP contribution in [0.5, 0.6) is 0 Å². The Balaban J connectivity index is 3.75. The molecule has 1 unspecified atom stereocenters. The van der Waals surface area contributed by atoms with E-state index in [1.54, 1.807) is 0 Å². The fourth-order valence-corrected chi connectivity index (χ4v) is 2.13. The molecule has 23 heavy (non-hydrogen) atoms. The van der Waals surface area contributed by atoms with Crippen molar-refractivity contribution in [2.45, 2.75) is 82.9 Å². The number of carbonyl (C=O) groups excluding carboxylic acids is 1. The highest BCUT2D eigenvalue weighted by molar-refractivity contribution is 5.84. The van der Waals surface area contributed by atoms with Gasteiger partial charge in [-0.3, -0.25) is 4.79 Å². The second kappa shape index (κ2) is 13.8. The number of Topliss-reactive ketones (excluding diaryl/α,β-unsaturated/α-hetero) is 1. The lowest BCUT2D eigenvalue weighted by molar-refractivity contribution is -0.157. The van der Waals surface area contributed by atoms with Gasteiger partial charge in [0.15, 0.2) is 12.1 Å². The maximum absolute atomic E-state index is 11.5. The summed E-state index contributed by atoms with van der Waals surface area (Å²) < 4.78 is 4.92. The topological polar surface area (TPSA) is 127 Å². The SMILES string of the molecule is CCCCCCCCCC(O)OCC(=O)[C@H](O)[C@@H](O)[C@H](O)CO. The number of rotatable bonds is 15. The molecule has 7 nitrogen and oxygen atoms in total. The van der Waals surface area contributed by atoms with E-state index < -0.39 is 43.6 Å². The Bertz CT molecular complexity index is 298. The number of aliphatic hydroxyl groups excluding tert-OH is 5. The van der Waals surface area contributed by atoms with E-state index in [2.05, 4.69) is 6.92 Å². The molecular weight excluding hydrogens is 304 g/mol. The molecule has 0 aliphatic heterocycles. The molecule has 5 N–H and O–H groups in total. The van der Waals surface area contributed by atoms with E-state index in [0.717, 1.165) is 19.3 Å². The molecule has 0 saturated heterocycles. The lowest BCUT2D eigenvalue weighted by Crippen LogP contribution is -2.45. The summed E-state index contributed by atoms with van der Waals surface area (Å²) in [7, 11) is 0. The summed E-state index contributed by atoms with van der Waals surface area (Å²) in [6, 6.07) is 0. The molecule has 0 rings (SSSR count). The summed E-state index contributed by atoms with van der Waals surface area (Å²) in [6.07, 6.45) is 1.80. The van der Waals surface area contributed by atoms with Crippen LogP contribution in [0.15, 0.2) is 0 Å². The molecule has 0 spiro atoms. The van der Waals surface area contributed by atoms with Crippen LogP contribution in [0.3, 0.4) is 0 Å². The Morgan fingerprint density at radius 2 is 1.52 bits per heavy atom. The zero-order valence-corrected chi connectivity index (χ0v) is 13.9. The molecule has 7 heteroatoms. The maximum Gasteiger partial charge on any atom is 0.189 e. The van der Waals surface area contributed by atoms with E-state index >= 15 is 0 Å². The zero-order valence-electron chi connectivity index (χ0n) is 13.9. The van der Waals surface area contributed by atoms with E-state index in [-0.39, 0.29) is 0 Å².